The Hall–Kier alpha value is -3.45. The van der Waals surface area contributed by atoms with Crippen molar-refractivity contribution in [2.24, 2.45) is 11.1 Å². The number of aromatic nitrogens is 2. The third-order valence-electron chi connectivity index (χ3n) is 6.59. The molecule has 3 aromatic rings. The first-order valence-corrected chi connectivity index (χ1v) is 14.1. The van der Waals surface area contributed by atoms with Gasteiger partial charge in [0.05, 0.1) is 23.3 Å². The van der Waals surface area contributed by atoms with E-state index in [2.05, 4.69) is 16.3 Å². The van der Waals surface area contributed by atoms with Gasteiger partial charge < -0.3 is 5.73 Å². The van der Waals surface area contributed by atoms with Gasteiger partial charge in [0.15, 0.2) is 15.9 Å². The zero-order valence-corrected chi connectivity index (χ0v) is 23.2. The van der Waals surface area contributed by atoms with Crippen LogP contribution in [0.25, 0.3) is 0 Å². The maximum atomic E-state index is 13.6. The number of allylic oxidation sites excluding steroid dienone is 3. The first kappa shape index (κ1) is 26.2. The highest BCUT2D eigenvalue weighted by Gasteiger charge is 2.45. The van der Waals surface area contributed by atoms with Crippen molar-refractivity contribution in [1.29, 1.82) is 5.26 Å². The molecular formula is C28H24ClN5O2S2. The molecule has 7 nitrogen and oxygen atoms in total. The van der Waals surface area contributed by atoms with Gasteiger partial charge in [0.25, 0.3) is 0 Å². The normalized spacial score (nSPS) is 18.8. The highest BCUT2D eigenvalue weighted by Crippen LogP contribution is 2.50. The van der Waals surface area contributed by atoms with Crippen LogP contribution in [0.5, 0.6) is 0 Å². The third kappa shape index (κ3) is 4.99. The number of hydrogen-bond donors (Lipinski definition) is 1. The lowest BCUT2D eigenvalue weighted by Gasteiger charge is -2.42. The fourth-order valence-electron chi connectivity index (χ4n) is 4.90. The summed E-state index contributed by atoms with van der Waals surface area (Å²) >= 11 is 8.69. The number of carbonyl (C=O) groups is 2. The van der Waals surface area contributed by atoms with E-state index in [0.717, 1.165) is 11.3 Å². The minimum atomic E-state index is -0.586. The van der Waals surface area contributed by atoms with E-state index in [9.17, 15) is 14.9 Å². The van der Waals surface area contributed by atoms with Gasteiger partial charge in [0.1, 0.15) is 5.82 Å². The second-order valence-corrected chi connectivity index (χ2v) is 12.6. The molecule has 2 aliphatic rings. The van der Waals surface area contributed by atoms with E-state index in [1.165, 1.54) is 23.1 Å². The predicted molar refractivity (Wildman–Crippen MR) is 150 cm³/mol. The topological polar surface area (TPSA) is 113 Å². The van der Waals surface area contributed by atoms with Crippen molar-refractivity contribution in [3.8, 4) is 6.07 Å². The van der Waals surface area contributed by atoms with Gasteiger partial charge >= 0.3 is 0 Å². The number of ketones is 2. The van der Waals surface area contributed by atoms with Gasteiger partial charge in [-0.3, -0.25) is 14.5 Å². The van der Waals surface area contributed by atoms with Crippen LogP contribution in [-0.4, -0.2) is 27.5 Å². The monoisotopic (exact) mass is 561 g/mol. The first-order chi connectivity index (χ1) is 18.2. The van der Waals surface area contributed by atoms with E-state index in [-0.39, 0.29) is 34.1 Å². The lowest BCUT2D eigenvalue weighted by Crippen LogP contribution is -2.42. The summed E-state index contributed by atoms with van der Waals surface area (Å²) in [7, 11) is 0. The number of hydrogen-bond acceptors (Lipinski definition) is 9. The average Bonchev–Trinajstić information content (AvgIpc) is 3.35. The predicted octanol–water partition coefficient (Wildman–Crippen LogP) is 6.11. The number of rotatable bonds is 6. The summed E-state index contributed by atoms with van der Waals surface area (Å²) in [5.41, 5.74) is 9.35. The summed E-state index contributed by atoms with van der Waals surface area (Å²) in [5, 5.41) is 19.9. The first-order valence-electron chi connectivity index (χ1n) is 11.9. The molecule has 2 heterocycles. The Bertz CT molecular complexity index is 1520. The maximum absolute atomic E-state index is 13.6. The van der Waals surface area contributed by atoms with Crippen LogP contribution in [0.1, 0.15) is 48.5 Å². The lowest BCUT2D eigenvalue weighted by molar-refractivity contribution is -0.118. The van der Waals surface area contributed by atoms with E-state index >= 15 is 0 Å². The maximum Gasteiger partial charge on any atom is 0.219 e. The molecule has 192 valence electrons. The highest BCUT2D eigenvalue weighted by atomic mass is 35.5. The summed E-state index contributed by atoms with van der Waals surface area (Å²) in [5.74, 6) is -0.172. The van der Waals surface area contributed by atoms with Gasteiger partial charge in [-0.2, -0.15) is 5.26 Å². The van der Waals surface area contributed by atoms with E-state index in [0.29, 0.717) is 38.5 Å². The Kier molecular flexibility index (Phi) is 7.14. The second kappa shape index (κ2) is 10.4. The number of nitrogens with two attached hydrogens (primary N) is 1. The Morgan fingerprint density at radius 2 is 1.89 bits per heavy atom. The van der Waals surface area contributed by atoms with Crippen LogP contribution in [-0.2, 0) is 4.79 Å². The Morgan fingerprint density at radius 3 is 2.58 bits per heavy atom. The van der Waals surface area contributed by atoms with E-state index in [1.807, 2.05) is 44.2 Å². The molecule has 0 spiro atoms. The van der Waals surface area contributed by atoms with Gasteiger partial charge in [-0.1, -0.05) is 91.0 Å². The second-order valence-electron chi connectivity index (χ2n) is 9.96. The average molecular weight is 562 g/mol. The van der Waals surface area contributed by atoms with Gasteiger partial charge in [0, 0.05) is 28.3 Å². The van der Waals surface area contributed by atoms with Crippen LogP contribution in [0.3, 0.4) is 0 Å². The Balaban J connectivity index is 1.53. The number of carbonyl (C=O) groups excluding carboxylic acids is 2. The molecular weight excluding hydrogens is 538 g/mol. The van der Waals surface area contributed by atoms with E-state index in [1.54, 1.807) is 29.2 Å². The van der Waals surface area contributed by atoms with Crippen molar-refractivity contribution in [2.45, 2.75) is 36.9 Å². The van der Waals surface area contributed by atoms with Crippen LogP contribution < -0.4 is 10.6 Å². The van der Waals surface area contributed by atoms with E-state index < -0.39 is 5.92 Å². The number of Topliss-reactive ketones (excluding diaryl/α,β-unsaturated/α-hetero) is 2. The van der Waals surface area contributed by atoms with Crippen molar-refractivity contribution < 1.29 is 9.59 Å². The van der Waals surface area contributed by atoms with Gasteiger partial charge in [-0.15, -0.1) is 10.2 Å². The van der Waals surface area contributed by atoms with Gasteiger partial charge in [-0.05, 0) is 29.5 Å². The summed E-state index contributed by atoms with van der Waals surface area (Å²) in [6.45, 7) is 4.08. The van der Waals surface area contributed by atoms with Crippen LogP contribution in [0.4, 0.5) is 5.13 Å². The van der Waals surface area contributed by atoms with Crippen LogP contribution in [0.15, 0.2) is 81.6 Å². The Morgan fingerprint density at radius 1 is 1.18 bits per heavy atom. The van der Waals surface area contributed by atoms with Crippen molar-refractivity contribution in [3.05, 3.63) is 93.4 Å². The van der Waals surface area contributed by atoms with E-state index in [4.69, 9.17) is 17.3 Å². The SMILES string of the molecule is CC1(C)CC(=O)C2=C(C1)N(c1nnc(SCC(=O)c3ccccc3)s1)C(N)=C(C#N)C2c1ccc(Cl)cc1. The number of halogens is 1. The van der Waals surface area contributed by atoms with Crippen molar-refractivity contribution in [2.75, 3.05) is 10.7 Å². The lowest BCUT2D eigenvalue weighted by atomic mass is 9.69. The van der Waals surface area contributed by atoms with Gasteiger partial charge in [0.2, 0.25) is 5.13 Å². The fourth-order valence-corrected chi connectivity index (χ4v) is 6.80. The number of nitrogens with zero attached hydrogens (tertiary/aromatic N) is 4. The molecule has 0 bridgehead atoms. The molecule has 1 atom stereocenters. The molecule has 38 heavy (non-hydrogen) atoms. The molecule has 2 aromatic carbocycles. The largest absolute Gasteiger partial charge is 0.384 e. The van der Waals surface area contributed by atoms with Crippen LogP contribution in [0.2, 0.25) is 5.02 Å². The quantitative estimate of drug-likeness (QED) is 0.283. The van der Waals surface area contributed by atoms with Crippen LogP contribution in [0, 0.1) is 16.7 Å². The summed E-state index contributed by atoms with van der Waals surface area (Å²) in [6.07, 6.45) is 0.938. The summed E-state index contributed by atoms with van der Waals surface area (Å²) < 4.78 is 0.596. The van der Waals surface area contributed by atoms with Crippen LogP contribution >= 0.6 is 34.7 Å². The summed E-state index contributed by atoms with van der Waals surface area (Å²) in [4.78, 5) is 27.9. The summed E-state index contributed by atoms with van der Waals surface area (Å²) in [6, 6.07) is 18.5. The molecule has 5 rings (SSSR count). The molecule has 0 saturated heterocycles. The zero-order chi connectivity index (χ0) is 27.0. The van der Waals surface area contributed by atoms with Crippen molar-refractivity contribution >= 4 is 51.4 Å². The minimum Gasteiger partial charge on any atom is -0.384 e. The molecule has 1 unspecified atom stereocenters. The molecule has 0 fully saturated rings. The number of thioether (sulfide) groups is 1. The zero-order valence-electron chi connectivity index (χ0n) is 20.8. The molecule has 1 aliphatic carbocycles. The number of benzene rings is 2. The highest BCUT2D eigenvalue weighted by molar-refractivity contribution is 8.01. The number of nitriles is 1. The molecule has 10 heteroatoms. The van der Waals surface area contributed by atoms with Crippen molar-refractivity contribution in [1.82, 2.24) is 10.2 Å². The molecule has 0 saturated carbocycles. The smallest absolute Gasteiger partial charge is 0.219 e. The van der Waals surface area contributed by atoms with Crippen molar-refractivity contribution in [3.63, 3.8) is 0 Å². The molecule has 1 aliphatic heterocycles. The standard InChI is InChI=1S/C28H24ClN5O2S2/c1-28(2)12-20-24(21(35)13-28)23(17-8-10-18(29)11-9-17)19(14-30)25(31)34(20)26-32-33-27(38-26)37-15-22(36)16-6-4-3-5-7-16/h3-11,23H,12-13,15,31H2,1-2H3. The molecule has 0 amide bonds. The minimum absolute atomic E-state index is 0.00748. The molecule has 1 aromatic heterocycles. The third-order valence-corrected chi connectivity index (χ3v) is 8.89. The molecule has 0 radical (unpaired) electrons. The van der Waals surface area contributed by atoms with Gasteiger partial charge in [-0.25, -0.2) is 0 Å². The Labute approximate surface area is 234 Å². The molecule has 2 N–H and O–H groups in total. The fraction of sp³-hybridized carbons (Fsp3) is 0.250. The number of anilines is 1.